The molecule has 2 nitrogen and oxygen atoms in total. The summed E-state index contributed by atoms with van der Waals surface area (Å²) in [5.41, 5.74) is 17.0. The van der Waals surface area contributed by atoms with Gasteiger partial charge in [-0.1, -0.05) is 146 Å². The van der Waals surface area contributed by atoms with E-state index in [2.05, 4.69) is 216 Å². The van der Waals surface area contributed by atoms with E-state index in [9.17, 15) is 0 Å². The summed E-state index contributed by atoms with van der Waals surface area (Å²) in [5.74, 6) is 0. The second kappa shape index (κ2) is 13.6. The van der Waals surface area contributed by atoms with E-state index in [1.807, 2.05) is 0 Å². The molecule has 0 spiro atoms. The van der Waals surface area contributed by atoms with E-state index < -0.39 is 0 Å². The molecular weight excluding hydrogens is 653 g/mol. The van der Waals surface area contributed by atoms with Crippen molar-refractivity contribution >= 4 is 44.9 Å². The molecule has 2 heteroatoms. The zero-order valence-corrected chi connectivity index (χ0v) is 29.9. The highest BCUT2D eigenvalue weighted by Crippen LogP contribution is 2.43. The number of aryl methyl sites for hydroxylation is 1. The molecule has 0 aliphatic heterocycles. The summed E-state index contributed by atoms with van der Waals surface area (Å²) >= 11 is 0. The molecule has 0 radical (unpaired) electrons. The van der Waals surface area contributed by atoms with Crippen LogP contribution in [0.5, 0.6) is 0 Å². The van der Waals surface area contributed by atoms with Crippen molar-refractivity contribution in [3.8, 4) is 39.1 Å². The van der Waals surface area contributed by atoms with Crippen molar-refractivity contribution in [2.24, 2.45) is 0 Å². The zero-order chi connectivity index (χ0) is 35.8. The van der Waals surface area contributed by atoms with Gasteiger partial charge in [-0.25, -0.2) is 0 Å². The molecule has 0 atom stereocenters. The van der Waals surface area contributed by atoms with Gasteiger partial charge < -0.3 is 9.47 Å². The van der Waals surface area contributed by atoms with Crippen LogP contribution in [-0.2, 0) is 6.42 Å². The topological polar surface area (TPSA) is 8.17 Å². The molecule has 0 fully saturated rings. The number of benzene rings is 8. The lowest BCUT2D eigenvalue weighted by Crippen LogP contribution is -2.11. The third kappa shape index (κ3) is 5.60. The van der Waals surface area contributed by atoms with Gasteiger partial charge in [-0.15, -0.1) is 0 Å². The molecule has 1 heterocycles. The van der Waals surface area contributed by atoms with Crippen LogP contribution in [0.25, 0.3) is 66.9 Å². The molecule has 0 N–H and O–H groups in total. The number of rotatable bonds is 7. The van der Waals surface area contributed by atoms with Crippen molar-refractivity contribution in [1.82, 2.24) is 4.57 Å². The van der Waals surface area contributed by atoms with E-state index in [1.165, 1.54) is 72.0 Å². The van der Waals surface area contributed by atoms with Gasteiger partial charge in [0.25, 0.3) is 0 Å². The number of aromatic nitrogens is 1. The quantitative estimate of drug-likeness (QED) is 0.162. The second-order valence-corrected chi connectivity index (χ2v) is 14.0. The van der Waals surface area contributed by atoms with Crippen molar-refractivity contribution in [3.05, 3.63) is 211 Å². The number of fused-ring (bicyclic) bond motifs is 5. The maximum Gasteiger partial charge on any atom is 0.0544 e. The minimum absolute atomic E-state index is 1.08. The van der Waals surface area contributed by atoms with Crippen molar-refractivity contribution in [3.63, 3.8) is 0 Å². The van der Waals surface area contributed by atoms with Crippen molar-refractivity contribution in [2.45, 2.75) is 12.8 Å². The van der Waals surface area contributed by atoms with Gasteiger partial charge in [0.2, 0.25) is 0 Å². The molecule has 10 rings (SSSR count). The molecule has 0 bridgehead atoms. The maximum absolute atomic E-state index is 2.43. The van der Waals surface area contributed by atoms with Crippen LogP contribution < -0.4 is 4.90 Å². The standard InChI is InChI=1S/C52H38N2/c1-4-14-37(15-5-1)42-29-34-50(48(36-42)40-16-6-2-7-17-40)53(43-19-8-3-9-20-43)44-30-24-38(25-31-44)39-26-32-45(33-27-39)54-49-23-13-12-22-47(49)52-46-21-11-10-18-41(46)28-35-51(52)54/h1-10,12-20,22-36H,11,21H2. The molecule has 0 unspecified atom stereocenters. The SMILES string of the molecule is C1=Cc2ccc3c(c2CC1)c1ccccc1n3-c1ccc(-c2ccc(N(c3ccccc3)c3ccc(-c4ccccc4)cc3-c3ccccc3)cc2)cc1. The summed E-state index contributed by atoms with van der Waals surface area (Å²) in [4.78, 5) is 2.38. The lowest BCUT2D eigenvalue weighted by atomic mass is 9.93. The fourth-order valence-corrected chi connectivity index (χ4v) is 8.29. The molecule has 9 aromatic rings. The van der Waals surface area contributed by atoms with E-state index in [0.29, 0.717) is 0 Å². The third-order valence-electron chi connectivity index (χ3n) is 10.9. The van der Waals surface area contributed by atoms with Gasteiger partial charge >= 0.3 is 0 Å². The zero-order valence-electron chi connectivity index (χ0n) is 29.9. The molecule has 0 amide bonds. The monoisotopic (exact) mass is 690 g/mol. The summed E-state index contributed by atoms with van der Waals surface area (Å²) in [6, 6.07) is 70.4. The van der Waals surface area contributed by atoms with Gasteiger partial charge in [0.1, 0.15) is 0 Å². The van der Waals surface area contributed by atoms with E-state index >= 15 is 0 Å². The highest BCUT2D eigenvalue weighted by atomic mass is 15.1. The van der Waals surface area contributed by atoms with E-state index in [-0.39, 0.29) is 0 Å². The van der Waals surface area contributed by atoms with Crippen LogP contribution in [0, 0.1) is 0 Å². The van der Waals surface area contributed by atoms with E-state index in [1.54, 1.807) is 0 Å². The van der Waals surface area contributed by atoms with E-state index in [4.69, 9.17) is 0 Å². The Morgan fingerprint density at radius 3 is 1.78 bits per heavy atom. The van der Waals surface area contributed by atoms with Crippen LogP contribution in [0.4, 0.5) is 17.1 Å². The lowest BCUT2D eigenvalue weighted by molar-refractivity contribution is 0.997. The van der Waals surface area contributed by atoms with Crippen molar-refractivity contribution < 1.29 is 0 Å². The Labute approximate surface area is 316 Å². The highest BCUT2D eigenvalue weighted by Gasteiger charge is 2.20. The van der Waals surface area contributed by atoms with Crippen LogP contribution in [0.15, 0.2) is 200 Å². The molecule has 1 aliphatic rings. The van der Waals surface area contributed by atoms with Gasteiger partial charge in [0.15, 0.2) is 0 Å². The van der Waals surface area contributed by atoms with Crippen molar-refractivity contribution in [2.75, 3.05) is 4.90 Å². The predicted octanol–water partition coefficient (Wildman–Crippen LogP) is 14.2. The first-order valence-corrected chi connectivity index (χ1v) is 18.8. The first kappa shape index (κ1) is 31.8. The minimum atomic E-state index is 1.08. The molecule has 1 aromatic heterocycles. The average Bonchev–Trinajstić information content (AvgIpc) is 3.60. The molecular formula is C52H38N2. The van der Waals surface area contributed by atoms with Crippen LogP contribution in [0.3, 0.4) is 0 Å². The Morgan fingerprint density at radius 1 is 0.444 bits per heavy atom. The number of hydrogen-bond acceptors (Lipinski definition) is 1. The first-order chi connectivity index (χ1) is 26.8. The number of allylic oxidation sites excluding steroid dienone is 1. The van der Waals surface area contributed by atoms with Gasteiger partial charge in [-0.2, -0.15) is 0 Å². The van der Waals surface area contributed by atoms with Crippen LogP contribution in [0.2, 0.25) is 0 Å². The normalized spacial score (nSPS) is 12.2. The molecule has 1 aliphatic carbocycles. The van der Waals surface area contributed by atoms with Gasteiger partial charge in [-0.05, 0) is 112 Å². The third-order valence-corrected chi connectivity index (χ3v) is 10.9. The Morgan fingerprint density at radius 2 is 1.04 bits per heavy atom. The predicted molar refractivity (Wildman–Crippen MR) is 229 cm³/mol. The van der Waals surface area contributed by atoms with Crippen LogP contribution >= 0.6 is 0 Å². The largest absolute Gasteiger partial charge is 0.310 e. The Kier molecular flexibility index (Phi) is 8.00. The summed E-state index contributed by atoms with van der Waals surface area (Å²) in [5, 5.41) is 2.72. The smallest absolute Gasteiger partial charge is 0.0544 e. The Hall–Kier alpha value is -6.90. The van der Waals surface area contributed by atoms with Crippen LogP contribution in [-0.4, -0.2) is 4.57 Å². The van der Waals surface area contributed by atoms with Crippen molar-refractivity contribution in [1.29, 1.82) is 0 Å². The number of para-hydroxylation sites is 2. The summed E-state index contributed by atoms with van der Waals surface area (Å²) in [6.07, 6.45) is 6.76. The maximum atomic E-state index is 2.43. The summed E-state index contributed by atoms with van der Waals surface area (Å²) < 4.78 is 2.43. The molecule has 8 aromatic carbocycles. The fraction of sp³-hybridized carbons (Fsp3) is 0.0385. The molecule has 0 saturated carbocycles. The van der Waals surface area contributed by atoms with Gasteiger partial charge in [0, 0.05) is 33.4 Å². The Bertz CT molecular complexity index is 2780. The van der Waals surface area contributed by atoms with E-state index in [0.717, 1.165) is 29.9 Å². The van der Waals surface area contributed by atoms with Gasteiger partial charge in [-0.3, -0.25) is 0 Å². The summed E-state index contributed by atoms with van der Waals surface area (Å²) in [7, 11) is 0. The molecule has 0 saturated heterocycles. The molecule has 54 heavy (non-hydrogen) atoms. The van der Waals surface area contributed by atoms with Crippen LogP contribution in [0.1, 0.15) is 17.5 Å². The second-order valence-electron chi connectivity index (χ2n) is 14.0. The summed E-state index contributed by atoms with van der Waals surface area (Å²) in [6.45, 7) is 0. The highest BCUT2D eigenvalue weighted by molar-refractivity contribution is 6.12. The Balaban J connectivity index is 1.03. The first-order valence-electron chi connectivity index (χ1n) is 18.8. The average molecular weight is 691 g/mol. The fourth-order valence-electron chi connectivity index (χ4n) is 8.29. The van der Waals surface area contributed by atoms with Gasteiger partial charge in [0.05, 0.1) is 16.7 Å². The molecule has 256 valence electrons. The minimum Gasteiger partial charge on any atom is -0.310 e. The number of anilines is 3. The number of hydrogen-bond donors (Lipinski definition) is 0. The number of nitrogens with zero attached hydrogens (tertiary/aromatic N) is 2. The lowest BCUT2D eigenvalue weighted by Gasteiger charge is -2.28.